The highest BCUT2D eigenvalue weighted by Gasteiger charge is 2.37. The maximum atomic E-state index is 14.3. The number of hydrogen-bond acceptors (Lipinski definition) is 4. The summed E-state index contributed by atoms with van der Waals surface area (Å²) < 4.78 is 55.7. The second-order valence-corrected chi connectivity index (χ2v) is 8.34. The molecule has 0 radical (unpaired) electrons. The Morgan fingerprint density at radius 2 is 1.89 bits per heavy atom. The number of carbonyl (C=O) groups excluding carboxylic acids is 1. The van der Waals surface area contributed by atoms with Crippen molar-refractivity contribution in [3.05, 3.63) is 107 Å². The first-order valence-corrected chi connectivity index (χ1v) is 10.9. The quantitative estimate of drug-likeness (QED) is 0.452. The number of aromatic nitrogens is 2. The van der Waals surface area contributed by atoms with Crippen LogP contribution >= 0.6 is 0 Å². The van der Waals surface area contributed by atoms with Crippen LogP contribution in [0.3, 0.4) is 0 Å². The minimum absolute atomic E-state index is 0.0591. The Bertz CT molecular complexity index is 1390. The van der Waals surface area contributed by atoms with Crippen LogP contribution < -0.4 is 5.32 Å². The van der Waals surface area contributed by atoms with Gasteiger partial charge in [-0.3, -0.25) is 9.48 Å². The van der Waals surface area contributed by atoms with Crippen LogP contribution in [-0.4, -0.2) is 20.8 Å². The number of aliphatic hydroxyl groups is 1. The van der Waals surface area contributed by atoms with Crippen molar-refractivity contribution in [1.29, 1.82) is 5.26 Å². The molecule has 6 nitrogen and oxygen atoms in total. The lowest BCUT2D eigenvalue weighted by molar-refractivity contribution is -0.141. The van der Waals surface area contributed by atoms with Crippen LogP contribution in [0.4, 0.5) is 23.2 Å². The van der Waals surface area contributed by atoms with E-state index in [-0.39, 0.29) is 22.7 Å². The zero-order valence-electron chi connectivity index (χ0n) is 18.9. The molecule has 2 aromatic carbocycles. The third kappa shape index (κ3) is 5.21. The third-order valence-corrected chi connectivity index (χ3v) is 5.75. The van der Waals surface area contributed by atoms with Crippen LogP contribution in [0.1, 0.15) is 46.4 Å². The van der Waals surface area contributed by atoms with Crippen LogP contribution in [0.25, 0.3) is 0 Å². The lowest BCUT2D eigenvalue weighted by Gasteiger charge is -2.23. The number of amides is 1. The summed E-state index contributed by atoms with van der Waals surface area (Å²) in [5, 5.41) is 25.9. The molecular weight excluding hydrogens is 476 g/mol. The molecule has 3 atom stereocenters. The number of alkyl halides is 3. The van der Waals surface area contributed by atoms with Gasteiger partial charge in [0.15, 0.2) is 5.69 Å². The van der Waals surface area contributed by atoms with Gasteiger partial charge in [-0.05, 0) is 41.5 Å². The number of benzene rings is 2. The van der Waals surface area contributed by atoms with E-state index in [1.165, 1.54) is 12.1 Å². The summed E-state index contributed by atoms with van der Waals surface area (Å²) in [5.41, 5.74) is -0.895. The van der Waals surface area contributed by atoms with Gasteiger partial charge in [0.05, 0.1) is 12.1 Å². The topological polar surface area (TPSA) is 90.9 Å². The highest BCUT2D eigenvalue weighted by atomic mass is 19.4. The Labute approximate surface area is 203 Å². The van der Waals surface area contributed by atoms with Gasteiger partial charge in [0.2, 0.25) is 0 Å². The number of nitrogens with one attached hydrogen (secondary N) is 1. The van der Waals surface area contributed by atoms with Crippen molar-refractivity contribution in [1.82, 2.24) is 9.78 Å². The number of aliphatic hydroxyl groups excluding tert-OH is 1. The molecule has 1 heterocycles. The van der Waals surface area contributed by atoms with Crippen LogP contribution in [0, 0.1) is 23.1 Å². The van der Waals surface area contributed by atoms with Crippen molar-refractivity contribution in [2.24, 2.45) is 5.92 Å². The third-order valence-electron chi connectivity index (χ3n) is 5.75. The second kappa shape index (κ2) is 9.79. The Kier molecular flexibility index (Phi) is 6.77. The van der Waals surface area contributed by atoms with E-state index in [1.807, 2.05) is 6.07 Å². The average molecular weight is 496 g/mol. The van der Waals surface area contributed by atoms with Crippen LogP contribution in [-0.2, 0) is 6.18 Å². The normalized spacial score (nSPS) is 18.3. The van der Waals surface area contributed by atoms with E-state index in [2.05, 4.69) is 10.4 Å². The van der Waals surface area contributed by atoms with E-state index >= 15 is 0 Å². The molecule has 1 aliphatic rings. The Morgan fingerprint density at radius 3 is 2.56 bits per heavy atom. The predicted octanol–water partition coefficient (Wildman–Crippen LogP) is 5.57. The first kappa shape index (κ1) is 24.9. The van der Waals surface area contributed by atoms with E-state index in [0.29, 0.717) is 11.6 Å². The maximum Gasteiger partial charge on any atom is 0.435 e. The van der Waals surface area contributed by atoms with E-state index in [9.17, 15) is 32.7 Å². The standard InChI is InChI=1S/C26H20F4N4O2/c1-15-7-8-16(14-31)9-21(15)34-22(13-23(33-34)26(28,29)30)25(36)32-20-11-18(10-19(27)12-20)24(35)17-5-3-2-4-6-17/h2-13,15,21,24,35H,1H3,(H,32,36). The molecule has 0 aliphatic heterocycles. The molecule has 0 saturated carbocycles. The summed E-state index contributed by atoms with van der Waals surface area (Å²) in [6.45, 7) is 1.71. The minimum Gasteiger partial charge on any atom is -0.384 e. The van der Waals surface area contributed by atoms with Crippen molar-refractivity contribution in [3.8, 4) is 6.07 Å². The number of nitrogens with zero attached hydrogens (tertiary/aromatic N) is 3. The molecule has 1 aromatic heterocycles. The number of nitriles is 1. The zero-order valence-corrected chi connectivity index (χ0v) is 18.9. The monoisotopic (exact) mass is 496 g/mol. The van der Waals surface area contributed by atoms with Gasteiger partial charge in [-0.1, -0.05) is 43.3 Å². The zero-order chi connectivity index (χ0) is 26.0. The minimum atomic E-state index is -4.82. The molecule has 0 spiro atoms. The number of carbonyl (C=O) groups is 1. The summed E-state index contributed by atoms with van der Waals surface area (Å²) in [4.78, 5) is 13.1. The molecule has 1 amide bonds. The molecule has 2 N–H and O–H groups in total. The smallest absolute Gasteiger partial charge is 0.384 e. The summed E-state index contributed by atoms with van der Waals surface area (Å²) in [6.07, 6.45) is -1.39. The molecule has 0 bridgehead atoms. The van der Waals surface area contributed by atoms with Gasteiger partial charge in [-0.25, -0.2) is 4.39 Å². The first-order chi connectivity index (χ1) is 17.1. The lowest BCUT2D eigenvalue weighted by Crippen LogP contribution is -2.25. The van der Waals surface area contributed by atoms with Crippen molar-refractivity contribution in [2.45, 2.75) is 25.2 Å². The Balaban J connectivity index is 1.69. The van der Waals surface area contributed by atoms with E-state index in [1.54, 1.807) is 49.4 Å². The van der Waals surface area contributed by atoms with Gasteiger partial charge in [0.1, 0.15) is 17.6 Å². The van der Waals surface area contributed by atoms with Crippen molar-refractivity contribution in [2.75, 3.05) is 5.32 Å². The number of anilines is 1. The van der Waals surface area contributed by atoms with Crippen LogP contribution in [0.2, 0.25) is 0 Å². The molecule has 4 rings (SSSR count). The molecule has 3 unspecified atom stereocenters. The van der Waals surface area contributed by atoms with E-state index in [4.69, 9.17) is 0 Å². The van der Waals surface area contributed by atoms with Crippen LogP contribution in [0.5, 0.6) is 0 Å². The van der Waals surface area contributed by atoms with Gasteiger partial charge in [-0.2, -0.15) is 23.5 Å². The Hall–Kier alpha value is -4.23. The number of hydrogen-bond donors (Lipinski definition) is 2. The number of allylic oxidation sites excluding steroid dienone is 4. The second-order valence-electron chi connectivity index (χ2n) is 8.34. The molecule has 10 heteroatoms. The first-order valence-electron chi connectivity index (χ1n) is 10.9. The van der Waals surface area contributed by atoms with Crippen molar-refractivity contribution < 1.29 is 27.5 Å². The van der Waals surface area contributed by atoms with Crippen molar-refractivity contribution >= 4 is 11.6 Å². The maximum absolute atomic E-state index is 14.3. The van der Waals surface area contributed by atoms with Gasteiger partial charge in [0, 0.05) is 23.2 Å². The lowest BCUT2D eigenvalue weighted by atomic mass is 9.93. The molecule has 36 heavy (non-hydrogen) atoms. The fraction of sp³-hybridized carbons (Fsp3) is 0.192. The number of halogens is 4. The van der Waals surface area contributed by atoms with Gasteiger partial charge in [-0.15, -0.1) is 0 Å². The molecule has 1 aliphatic carbocycles. The summed E-state index contributed by atoms with van der Waals surface area (Å²) in [6, 6.07) is 13.6. The molecule has 3 aromatic rings. The SMILES string of the molecule is CC1C=CC(C#N)=CC1n1nc(C(F)(F)F)cc1C(=O)Nc1cc(F)cc(C(O)c2ccccc2)c1. The highest BCUT2D eigenvalue weighted by molar-refractivity contribution is 6.03. The van der Waals surface area contributed by atoms with Gasteiger partial charge >= 0.3 is 6.18 Å². The summed E-state index contributed by atoms with van der Waals surface area (Å²) in [5.74, 6) is -2.08. The Morgan fingerprint density at radius 1 is 1.17 bits per heavy atom. The van der Waals surface area contributed by atoms with E-state index < -0.39 is 41.4 Å². The average Bonchev–Trinajstić information content (AvgIpc) is 3.30. The van der Waals surface area contributed by atoms with Crippen LogP contribution in [0.15, 0.2) is 78.4 Å². The molecule has 0 fully saturated rings. The molecular formula is C26H20F4N4O2. The fourth-order valence-electron chi connectivity index (χ4n) is 3.92. The van der Waals surface area contributed by atoms with E-state index in [0.717, 1.165) is 16.8 Å². The predicted molar refractivity (Wildman–Crippen MR) is 123 cm³/mol. The summed E-state index contributed by atoms with van der Waals surface area (Å²) >= 11 is 0. The molecule has 184 valence electrons. The van der Waals surface area contributed by atoms with Gasteiger partial charge < -0.3 is 10.4 Å². The van der Waals surface area contributed by atoms with Gasteiger partial charge in [0.25, 0.3) is 5.91 Å². The van der Waals surface area contributed by atoms with Crippen molar-refractivity contribution in [3.63, 3.8) is 0 Å². The largest absolute Gasteiger partial charge is 0.435 e. The summed E-state index contributed by atoms with van der Waals surface area (Å²) in [7, 11) is 0. The number of rotatable bonds is 5. The molecule has 0 saturated heterocycles. The fourth-order valence-corrected chi connectivity index (χ4v) is 3.92. The highest BCUT2D eigenvalue weighted by Crippen LogP contribution is 2.34.